The van der Waals surface area contributed by atoms with Crippen molar-refractivity contribution in [2.45, 2.75) is 180 Å². The Labute approximate surface area is 338 Å². The first-order valence-electron chi connectivity index (χ1n) is 21.4. The van der Waals surface area contributed by atoms with E-state index >= 15 is 0 Å². The minimum Gasteiger partial charge on any atom is -0.462 e. The Balaban J connectivity index is 4.47. The Kier molecular flexibility index (Phi) is 37.8. The van der Waals surface area contributed by atoms with Crippen molar-refractivity contribution in [3.63, 3.8) is 0 Å². The van der Waals surface area contributed by atoms with E-state index in [0.29, 0.717) is 19.3 Å². The number of rotatable bonds is 39. The van der Waals surface area contributed by atoms with Gasteiger partial charge in [-0.05, 0) is 64.2 Å². The zero-order chi connectivity index (χ0) is 41.4. The molecule has 0 bridgehead atoms. The summed E-state index contributed by atoms with van der Waals surface area (Å²) in [5.41, 5.74) is 0. The Bertz CT molecular complexity index is 1130. The van der Waals surface area contributed by atoms with Gasteiger partial charge in [0.25, 0.3) is 0 Å². The highest BCUT2D eigenvalue weighted by Gasteiger charge is 2.27. The first-order valence-corrected chi connectivity index (χ1v) is 22.8. The summed E-state index contributed by atoms with van der Waals surface area (Å²) >= 11 is 0. The maximum absolute atomic E-state index is 12.6. The van der Waals surface area contributed by atoms with Gasteiger partial charge in [0.05, 0.1) is 25.9 Å². The summed E-state index contributed by atoms with van der Waals surface area (Å²) in [5, 5.41) is 28.2. The van der Waals surface area contributed by atoms with Crippen LogP contribution in [0.3, 0.4) is 0 Å². The second-order valence-electron chi connectivity index (χ2n) is 14.2. The van der Waals surface area contributed by atoms with E-state index in [9.17, 15) is 29.3 Å². The van der Waals surface area contributed by atoms with Crippen molar-refractivity contribution in [2.24, 2.45) is 0 Å². The summed E-state index contributed by atoms with van der Waals surface area (Å²) in [6.45, 7) is 2.15. The van der Waals surface area contributed by atoms with Crippen LogP contribution in [0, 0.1) is 0 Å². The topological polar surface area (TPSA) is 169 Å². The number of unbranched alkanes of at least 4 members (excludes halogenated alkanes) is 14. The molecule has 0 amide bonds. The number of carbonyl (C=O) groups excluding carboxylic acids is 2. The molecule has 0 rings (SSSR count). The molecule has 0 radical (unpaired) electrons. The maximum Gasteiger partial charge on any atom is 0.472 e. The predicted octanol–water partition coefficient (Wildman–Crippen LogP) is 10.1. The number of phosphoric ester groups is 1. The van der Waals surface area contributed by atoms with Gasteiger partial charge in [0.15, 0.2) is 6.10 Å². The lowest BCUT2D eigenvalue weighted by molar-refractivity contribution is -0.161. The average molecular weight is 813 g/mol. The second-order valence-corrected chi connectivity index (χ2v) is 15.7. The van der Waals surface area contributed by atoms with Crippen LogP contribution in [0.1, 0.15) is 162 Å². The number of phosphoric acid groups is 1. The Hall–Kier alpha value is -2.37. The van der Waals surface area contributed by atoms with Crippen molar-refractivity contribution in [1.29, 1.82) is 0 Å². The third-order valence-corrected chi connectivity index (χ3v) is 9.70. The fourth-order valence-electron chi connectivity index (χ4n) is 5.38. The standard InChI is InChI=1S/C44H77O11P/c1-3-5-7-8-9-10-11-12-13-14-17-20-23-26-30-34-43(48)52-38-42(39-54-56(50,51)53-37-41(47)36-45)55-44(49)35-31-27-24-21-18-15-16-19-22-25-29-33-40(46)32-28-6-4-2/h10-11,15-16,21-22,24-25,29,33,40-42,45-47H,3-9,12-14,17-20,23,26-28,30-32,34-39H2,1-2H3,(H,50,51)/b11-10-,16-15-,24-21-,25-22-,33-29+/t40-,41-,42+/m0/s1. The van der Waals surface area contributed by atoms with E-state index in [-0.39, 0.29) is 19.4 Å². The zero-order valence-corrected chi connectivity index (χ0v) is 35.6. The summed E-state index contributed by atoms with van der Waals surface area (Å²) in [6.07, 6.45) is 39.4. The van der Waals surface area contributed by atoms with Crippen LogP contribution in [-0.4, -0.2) is 76.9 Å². The molecular weight excluding hydrogens is 735 g/mol. The summed E-state index contributed by atoms with van der Waals surface area (Å²) in [4.78, 5) is 34.9. The molecule has 4 atom stereocenters. The lowest BCUT2D eigenvalue weighted by Crippen LogP contribution is -2.29. The quantitative estimate of drug-likeness (QED) is 0.0153. The van der Waals surface area contributed by atoms with Crippen molar-refractivity contribution in [1.82, 2.24) is 0 Å². The van der Waals surface area contributed by atoms with Gasteiger partial charge in [0, 0.05) is 12.8 Å². The van der Waals surface area contributed by atoms with Crippen LogP contribution in [0.4, 0.5) is 0 Å². The van der Waals surface area contributed by atoms with E-state index in [0.717, 1.165) is 64.2 Å². The summed E-state index contributed by atoms with van der Waals surface area (Å²) in [6, 6.07) is 0. The number of esters is 2. The van der Waals surface area contributed by atoms with Crippen LogP contribution in [-0.2, 0) is 32.7 Å². The molecule has 1 unspecified atom stereocenters. The minimum atomic E-state index is -4.65. The molecule has 0 aromatic heterocycles. The largest absolute Gasteiger partial charge is 0.472 e. The zero-order valence-electron chi connectivity index (χ0n) is 34.7. The van der Waals surface area contributed by atoms with Gasteiger partial charge in [-0.25, -0.2) is 4.57 Å². The van der Waals surface area contributed by atoms with E-state index in [1.54, 1.807) is 0 Å². The van der Waals surface area contributed by atoms with Crippen LogP contribution in [0.5, 0.6) is 0 Å². The SMILES string of the molecule is CCCCCC/C=C\CCCCCCCCCC(=O)OC[C@H](COP(=O)(O)OC[C@@H](O)CO)OC(=O)CCC/C=C\C/C=C\C/C=C\C=C\[C@@H](O)CCCCC. The van der Waals surface area contributed by atoms with E-state index in [2.05, 4.69) is 42.7 Å². The van der Waals surface area contributed by atoms with Crippen LogP contribution in [0.2, 0.25) is 0 Å². The smallest absolute Gasteiger partial charge is 0.462 e. The molecule has 0 aliphatic carbocycles. The number of ether oxygens (including phenoxy) is 2. The number of allylic oxidation sites excluding steroid dienone is 9. The molecule has 0 aliphatic heterocycles. The summed E-state index contributed by atoms with van der Waals surface area (Å²) in [7, 11) is -4.65. The van der Waals surface area contributed by atoms with Crippen LogP contribution >= 0.6 is 7.82 Å². The lowest BCUT2D eigenvalue weighted by atomic mass is 10.1. The molecular formula is C44H77O11P. The van der Waals surface area contributed by atoms with E-state index in [1.165, 1.54) is 51.4 Å². The van der Waals surface area contributed by atoms with Gasteiger partial charge in [-0.15, -0.1) is 0 Å². The molecule has 0 saturated heterocycles. The first-order chi connectivity index (χ1) is 27.1. The average Bonchev–Trinajstić information content (AvgIpc) is 3.18. The van der Waals surface area contributed by atoms with Crippen LogP contribution < -0.4 is 0 Å². The molecule has 0 heterocycles. The summed E-state index contributed by atoms with van der Waals surface area (Å²) < 4.78 is 32.6. The molecule has 4 N–H and O–H groups in total. The van der Waals surface area contributed by atoms with Crippen molar-refractivity contribution >= 4 is 19.8 Å². The normalized spacial score (nSPS) is 15.0. The summed E-state index contributed by atoms with van der Waals surface area (Å²) in [5.74, 6) is -1.03. The maximum atomic E-state index is 12.6. The van der Waals surface area contributed by atoms with E-state index in [1.807, 2.05) is 36.5 Å². The van der Waals surface area contributed by atoms with Crippen molar-refractivity contribution < 1.29 is 52.9 Å². The van der Waals surface area contributed by atoms with Gasteiger partial charge in [0.2, 0.25) is 0 Å². The van der Waals surface area contributed by atoms with Crippen LogP contribution in [0.25, 0.3) is 0 Å². The highest BCUT2D eigenvalue weighted by molar-refractivity contribution is 7.47. The van der Waals surface area contributed by atoms with Crippen molar-refractivity contribution in [2.75, 3.05) is 26.4 Å². The molecule has 0 saturated carbocycles. The van der Waals surface area contributed by atoms with Crippen molar-refractivity contribution in [3.8, 4) is 0 Å². The molecule has 12 heteroatoms. The van der Waals surface area contributed by atoms with Crippen molar-refractivity contribution in [3.05, 3.63) is 60.8 Å². The fraction of sp³-hybridized carbons (Fsp3) is 0.727. The van der Waals surface area contributed by atoms with Gasteiger partial charge in [-0.3, -0.25) is 18.6 Å². The second kappa shape index (κ2) is 39.5. The number of hydrogen-bond acceptors (Lipinski definition) is 10. The first kappa shape index (κ1) is 53.6. The van der Waals surface area contributed by atoms with Crippen LogP contribution in [0.15, 0.2) is 60.8 Å². The molecule has 0 fully saturated rings. The number of hydrogen-bond donors (Lipinski definition) is 4. The molecule has 0 aromatic rings. The Morgan fingerprint density at radius 3 is 1.82 bits per heavy atom. The number of aliphatic hydroxyl groups is 3. The third kappa shape index (κ3) is 38.5. The fourth-order valence-corrected chi connectivity index (χ4v) is 6.17. The van der Waals surface area contributed by atoms with Gasteiger partial charge in [0.1, 0.15) is 12.7 Å². The Morgan fingerprint density at radius 1 is 0.607 bits per heavy atom. The highest BCUT2D eigenvalue weighted by Crippen LogP contribution is 2.43. The number of carbonyl (C=O) groups is 2. The number of aliphatic hydroxyl groups excluding tert-OH is 3. The van der Waals surface area contributed by atoms with Gasteiger partial charge in [-0.1, -0.05) is 145 Å². The van der Waals surface area contributed by atoms with Gasteiger partial charge >= 0.3 is 19.8 Å². The molecule has 0 spiro atoms. The van der Waals surface area contributed by atoms with E-state index < -0.39 is 57.9 Å². The Morgan fingerprint density at radius 2 is 1.14 bits per heavy atom. The molecule has 0 aromatic carbocycles. The predicted molar refractivity (Wildman–Crippen MR) is 225 cm³/mol. The van der Waals surface area contributed by atoms with E-state index in [4.69, 9.17) is 19.1 Å². The third-order valence-electron chi connectivity index (χ3n) is 8.75. The monoisotopic (exact) mass is 813 g/mol. The highest BCUT2D eigenvalue weighted by atomic mass is 31.2. The van der Waals surface area contributed by atoms with Gasteiger partial charge in [-0.2, -0.15) is 0 Å². The van der Waals surface area contributed by atoms with Gasteiger partial charge < -0.3 is 29.7 Å². The molecule has 324 valence electrons. The minimum absolute atomic E-state index is 0.0854. The lowest BCUT2D eigenvalue weighted by Gasteiger charge is -2.20. The molecule has 0 aliphatic rings. The molecule has 11 nitrogen and oxygen atoms in total. The molecule has 56 heavy (non-hydrogen) atoms.